The molecule has 0 bridgehead atoms. The standard InChI is InChI=1S/C15H18BrF2NO2/c16-12-1-2-13(17)11(14(12)18)9-20-10-7-15(21-8-10)3-5-19-6-4-15/h1-2,10,19H,3-9H2. The molecule has 6 heteroatoms. The Balaban J connectivity index is 1.60. The predicted molar refractivity (Wildman–Crippen MR) is 78.0 cm³/mol. The largest absolute Gasteiger partial charge is 0.372 e. The smallest absolute Gasteiger partial charge is 0.145 e. The van der Waals surface area contributed by atoms with E-state index in [4.69, 9.17) is 9.47 Å². The van der Waals surface area contributed by atoms with Gasteiger partial charge in [-0.1, -0.05) is 0 Å². The van der Waals surface area contributed by atoms with Gasteiger partial charge in [-0.25, -0.2) is 8.78 Å². The number of halogens is 3. The molecule has 21 heavy (non-hydrogen) atoms. The van der Waals surface area contributed by atoms with Crippen LogP contribution in [0.4, 0.5) is 8.78 Å². The van der Waals surface area contributed by atoms with Crippen LogP contribution in [0.3, 0.4) is 0 Å². The highest BCUT2D eigenvalue weighted by Gasteiger charge is 2.41. The van der Waals surface area contributed by atoms with Crippen LogP contribution in [0.15, 0.2) is 16.6 Å². The van der Waals surface area contributed by atoms with Gasteiger partial charge in [0.15, 0.2) is 0 Å². The van der Waals surface area contributed by atoms with E-state index in [-0.39, 0.29) is 28.3 Å². The molecule has 2 aliphatic heterocycles. The van der Waals surface area contributed by atoms with E-state index in [0.717, 1.165) is 32.4 Å². The first-order chi connectivity index (χ1) is 10.1. The minimum atomic E-state index is -0.592. The van der Waals surface area contributed by atoms with E-state index in [2.05, 4.69) is 21.2 Å². The summed E-state index contributed by atoms with van der Waals surface area (Å²) in [7, 11) is 0. The maximum Gasteiger partial charge on any atom is 0.145 e. The van der Waals surface area contributed by atoms with Crippen LogP contribution >= 0.6 is 15.9 Å². The van der Waals surface area contributed by atoms with E-state index in [9.17, 15) is 8.78 Å². The maximum atomic E-state index is 13.9. The number of benzene rings is 1. The van der Waals surface area contributed by atoms with E-state index in [1.165, 1.54) is 12.1 Å². The Morgan fingerprint density at radius 2 is 2.10 bits per heavy atom. The number of nitrogens with one attached hydrogen (secondary N) is 1. The third-order valence-electron chi connectivity index (χ3n) is 4.29. The lowest BCUT2D eigenvalue weighted by atomic mass is 9.89. The van der Waals surface area contributed by atoms with Crippen molar-refractivity contribution in [2.45, 2.75) is 37.6 Å². The quantitative estimate of drug-likeness (QED) is 0.838. The fraction of sp³-hybridized carbons (Fsp3) is 0.600. The lowest BCUT2D eigenvalue weighted by Gasteiger charge is -2.32. The molecule has 0 aromatic heterocycles. The molecule has 0 saturated carbocycles. The minimum Gasteiger partial charge on any atom is -0.372 e. The molecule has 1 aromatic carbocycles. The second kappa shape index (κ2) is 6.28. The van der Waals surface area contributed by atoms with Crippen LogP contribution in [0.25, 0.3) is 0 Å². The number of hydrogen-bond donors (Lipinski definition) is 1. The molecule has 0 radical (unpaired) electrons. The fourth-order valence-electron chi connectivity index (χ4n) is 3.04. The van der Waals surface area contributed by atoms with Gasteiger partial charge in [0.25, 0.3) is 0 Å². The summed E-state index contributed by atoms with van der Waals surface area (Å²) < 4.78 is 39.4. The lowest BCUT2D eigenvalue weighted by Crippen LogP contribution is -2.41. The molecule has 1 aromatic rings. The van der Waals surface area contributed by atoms with Gasteiger partial charge in [-0.05, 0) is 54.0 Å². The van der Waals surface area contributed by atoms with Gasteiger partial charge in [-0.3, -0.25) is 0 Å². The Kier molecular flexibility index (Phi) is 4.59. The highest BCUT2D eigenvalue weighted by molar-refractivity contribution is 9.10. The average molecular weight is 362 g/mol. The van der Waals surface area contributed by atoms with Crippen LogP contribution in [0, 0.1) is 11.6 Å². The second-order valence-electron chi connectivity index (χ2n) is 5.70. The minimum absolute atomic E-state index is 0.0318. The molecule has 2 saturated heterocycles. The summed E-state index contributed by atoms with van der Waals surface area (Å²) >= 11 is 3.06. The summed E-state index contributed by atoms with van der Waals surface area (Å²) in [5, 5.41) is 3.30. The molecule has 116 valence electrons. The van der Waals surface area contributed by atoms with Crippen molar-refractivity contribution in [2.75, 3.05) is 19.7 Å². The van der Waals surface area contributed by atoms with E-state index in [0.29, 0.717) is 6.61 Å². The van der Waals surface area contributed by atoms with Crippen LogP contribution in [0.1, 0.15) is 24.8 Å². The molecule has 1 unspecified atom stereocenters. The molecular formula is C15H18BrF2NO2. The molecule has 2 fully saturated rings. The topological polar surface area (TPSA) is 30.5 Å². The van der Waals surface area contributed by atoms with Gasteiger partial charge >= 0.3 is 0 Å². The van der Waals surface area contributed by atoms with Crippen LogP contribution in [-0.4, -0.2) is 31.4 Å². The van der Waals surface area contributed by atoms with Gasteiger partial charge in [-0.15, -0.1) is 0 Å². The molecule has 0 amide bonds. The summed E-state index contributed by atoms with van der Waals surface area (Å²) in [5.41, 5.74) is -0.139. The Bertz CT molecular complexity index is 521. The van der Waals surface area contributed by atoms with Gasteiger partial charge in [-0.2, -0.15) is 0 Å². The molecular weight excluding hydrogens is 344 g/mol. The van der Waals surface area contributed by atoms with Crippen LogP contribution < -0.4 is 5.32 Å². The van der Waals surface area contributed by atoms with Crippen LogP contribution in [-0.2, 0) is 16.1 Å². The highest BCUT2D eigenvalue weighted by Crippen LogP contribution is 2.35. The van der Waals surface area contributed by atoms with Crippen molar-refractivity contribution in [3.63, 3.8) is 0 Å². The van der Waals surface area contributed by atoms with Gasteiger partial charge in [0.2, 0.25) is 0 Å². The summed E-state index contributed by atoms with van der Waals surface area (Å²) in [5.74, 6) is -1.17. The Morgan fingerprint density at radius 1 is 1.33 bits per heavy atom. The summed E-state index contributed by atoms with van der Waals surface area (Å²) in [6.07, 6.45) is 2.63. The van der Waals surface area contributed by atoms with E-state index in [1.807, 2.05) is 0 Å². The molecule has 1 atom stereocenters. The molecule has 3 nitrogen and oxygen atoms in total. The average Bonchev–Trinajstić information content (AvgIpc) is 2.87. The van der Waals surface area contributed by atoms with Crippen molar-refractivity contribution in [3.05, 3.63) is 33.8 Å². The van der Waals surface area contributed by atoms with Crippen molar-refractivity contribution in [1.82, 2.24) is 5.32 Å². The van der Waals surface area contributed by atoms with Gasteiger partial charge in [0, 0.05) is 6.42 Å². The van der Waals surface area contributed by atoms with E-state index >= 15 is 0 Å². The predicted octanol–water partition coefficient (Wildman–Crippen LogP) is 3.16. The first-order valence-electron chi connectivity index (χ1n) is 7.18. The summed E-state index contributed by atoms with van der Waals surface area (Å²) in [4.78, 5) is 0. The van der Waals surface area contributed by atoms with Crippen molar-refractivity contribution in [2.24, 2.45) is 0 Å². The van der Waals surface area contributed by atoms with Crippen molar-refractivity contribution >= 4 is 15.9 Å². The number of rotatable bonds is 3. The number of piperidine rings is 1. The van der Waals surface area contributed by atoms with E-state index < -0.39 is 11.6 Å². The zero-order chi connectivity index (χ0) is 14.9. The molecule has 3 rings (SSSR count). The summed E-state index contributed by atoms with van der Waals surface area (Å²) in [6.45, 7) is 2.32. The van der Waals surface area contributed by atoms with Gasteiger partial charge in [0.1, 0.15) is 11.6 Å². The Labute approximate surface area is 131 Å². The normalized spacial score (nSPS) is 24.6. The van der Waals surface area contributed by atoms with Crippen molar-refractivity contribution < 1.29 is 18.3 Å². The first-order valence-corrected chi connectivity index (χ1v) is 7.98. The monoisotopic (exact) mass is 361 g/mol. The Hall–Kier alpha value is -0.560. The molecule has 2 aliphatic rings. The highest BCUT2D eigenvalue weighted by atomic mass is 79.9. The summed E-state index contributed by atoms with van der Waals surface area (Å²) in [6, 6.07) is 2.60. The van der Waals surface area contributed by atoms with E-state index in [1.54, 1.807) is 0 Å². The Morgan fingerprint density at radius 3 is 2.86 bits per heavy atom. The first kappa shape index (κ1) is 15.3. The third-order valence-corrected chi connectivity index (χ3v) is 4.90. The third kappa shape index (κ3) is 3.28. The number of hydrogen-bond acceptors (Lipinski definition) is 3. The maximum absolute atomic E-state index is 13.9. The fourth-order valence-corrected chi connectivity index (χ4v) is 3.41. The molecule has 0 aliphatic carbocycles. The van der Waals surface area contributed by atoms with Crippen molar-refractivity contribution in [3.8, 4) is 0 Å². The zero-order valence-corrected chi connectivity index (χ0v) is 13.2. The number of ether oxygens (including phenoxy) is 2. The van der Waals surface area contributed by atoms with Gasteiger partial charge < -0.3 is 14.8 Å². The van der Waals surface area contributed by atoms with Crippen LogP contribution in [0.5, 0.6) is 0 Å². The zero-order valence-electron chi connectivity index (χ0n) is 11.6. The van der Waals surface area contributed by atoms with Gasteiger partial charge in [0.05, 0.1) is 35.0 Å². The lowest BCUT2D eigenvalue weighted by molar-refractivity contribution is -0.0242. The second-order valence-corrected chi connectivity index (χ2v) is 6.56. The SMILES string of the molecule is Fc1ccc(Br)c(F)c1COC1COC2(CCNCC2)C1. The molecule has 1 spiro atoms. The van der Waals surface area contributed by atoms with Crippen molar-refractivity contribution in [1.29, 1.82) is 0 Å². The molecule has 2 heterocycles. The van der Waals surface area contributed by atoms with Crippen LogP contribution in [0.2, 0.25) is 0 Å². The molecule has 1 N–H and O–H groups in total.